The van der Waals surface area contributed by atoms with Crippen LogP contribution in [0.5, 0.6) is 5.75 Å². The first-order valence-electron chi connectivity index (χ1n) is 18.7. The molecule has 0 spiro atoms. The second kappa shape index (κ2) is 20.8. The average molecular weight is 780 g/mol. The lowest BCUT2D eigenvalue weighted by atomic mass is 9.94. The van der Waals surface area contributed by atoms with Crippen LogP contribution in [0.25, 0.3) is 17.2 Å². The molecule has 0 atom stereocenters. The summed E-state index contributed by atoms with van der Waals surface area (Å²) in [5.41, 5.74) is 13.3. The summed E-state index contributed by atoms with van der Waals surface area (Å²) in [6.07, 6.45) is 25.2. The number of aryl methyl sites for hydroxylation is 1. The molecule has 2 aromatic carbocycles. The molecule has 4 heteroatoms. The van der Waals surface area contributed by atoms with Gasteiger partial charge in [0.05, 0.1) is 22.8 Å². The normalized spacial score (nSPS) is 12.5. The van der Waals surface area contributed by atoms with Gasteiger partial charge in [-0.3, -0.25) is 0 Å². The third kappa shape index (κ3) is 11.2. The summed E-state index contributed by atoms with van der Waals surface area (Å²) in [6.45, 7) is 2.10. The molecule has 3 aromatic rings. The highest BCUT2D eigenvalue weighted by Crippen LogP contribution is 2.36. The molecule has 1 aliphatic carbocycles. The third-order valence-corrected chi connectivity index (χ3v) is 8.69. The van der Waals surface area contributed by atoms with Gasteiger partial charge in [-0.2, -0.15) is 0 Å². The Hall–Kier alpha value is -10.2. The zero-order valence-electron chi connectivity index (χ0n) is 33.0. The van der Waals surface area contributed by atoms with Gasteiger partial charge >= 0.3 is 0 Å². The van der Waals surface area contributed by atoms with Gasteiger partial charge < -0.3 is 9.72 Å². The second-order valence-corrected chi connectivity index (χ2v) is 12.9. The van der Waals surface area contributed by atoms with Crippen LogP contribution in [0.2, 0.25) is 0 Å². The molecule has 0 radical (unpaired) electrons. The van der Waals surface area contributed by atoms with Gasteiger partial charge in [0.2, 0.25) is 0 Å². The fourth-order valence-electron chi connectivity index (χ4n) is 6.09. The number of ether oxygens (including phenoxy) is 1. The van der Waals surface area contributed by atoms with Gasteiger partial charge in [-0.25, -0.2) is 9.98 Å². The predicted molar refractivity (Wildman–Crippen MR) is 249 cm³/mol. The van der Waals surface area contributed by atoms with Crippen molar-refractivity contribution in [2.75, 3.05) is 0 Å². The molecule has 278 valence electrons. The molecule has 1 N–H and O–H groups in total. The van der Waals surface area contributed by atoms with Crippen molar-refractivity contribution in [2.24, 2.45) is 9.98 Å². The molecule has 4 nitrogen and oxygen atoms in total. The molecule has 0 saturated heterocycles. The molecular formula is C58H25N3O. The number of nitrogens with zero attached hydrogens (tertiary/aromatic N) is 2. The summed E-state index contributed by atoms with van der Waals surface area (Å²) in [7, 11) is 0. The Labute approximate surface area is 362 Å². The van der Waals surface area contributed by atoms with Crippen molar-refractivity contribution in [3.63, 3.8) is 0 Å². The number of aliphatic imine (C=N–C) groups is 2. The van der Waals surface area contributed by atoms with Crippen molar-refractivity contribution in [1.82, 2.24) is 4.98 Å². The van der Waals surface area contributed by atoms with E-state index in [1.165, 1.54) is 16.7 Å². The van der Waals surface area contributed by atoms with E-state index in [4.69, 9.17) is 21.1 Å². The zero-order valence-corrected chi connectivity index (χ0v) is 33.0. The van der Waals surface area contributed by atoms with E-state index >= 15 is 0 Å². The first kappa shape index (κ1) is 40.0. The van der Waals surface area contributed by atoms with Crippen LogP contribution in [0.1, 0.15) is 34.5 Å². The Bertz CT molecular complexity index is 3500. The minimum atomic E-state index is 0.565. The van der Waals surface area contributed by atoms with Crippen molar-refractivity contribution < 1.29 is 4.74 Å². The summed E-state index contributed by atoms with van der Waals surface area (Å²) in [5.74, 6) is 55.8. The number of aromatic amines is 1. The molecule has 8 bridgehead atoms. The van der Waals surface area contributed by atoms with Crippen molar-refractivity contribution in [3.05, 3.63) is 154 Å². The number of rotatable bonds is 3. The molecule has 0 fully saturated rings. The predicted octanol–water partition coefficient (Wildman–Crippen LogP) is 7.81. The number of H-pyrrole nitrogens is 1. The van der Waals surface area contributed by atoms with Gasteiger partial charge in [0.25, 0.3) is 0 Å². The minimum Gasteiger partial charge on any atom is -0.407 e. The molecule has 0 amide bonds. The first-order chi connectivity index (χ1) is 30.6. The Morgan fingerprint density at radius 2 is 1.11 bits per heavy atom. The van der Waals surface area contributed by atoms with Crippen LogP contribution in [0, 0.1) is 150 Å². The Balaban J connectivity index is 1.00. The third-order valence-electron chi connectivity index (χ3n) is 8.69. The number of nitrogens with one attached hydrogen (secondary N) is 1. The van der Waals surface area contributed by atoms with Crippen LogP contribution in [0.3, 0.4) is 0 Å². The topological polar surface area (TPSA) is 49.7 Å². The fraction of sp³-hybridized carbons (Fsp3) is 0.0345. The molecule has 4 aliphatic rings. The second-order valence-electron chi connectivity index (χ2n) is 12.9. The summed E-state index contributed by atoms with van der Waals surface area (Å²) in [5, 5.41) is 0. The summed E-state index contributed by atoms with van der Waals surface area (Å²) in [6, 6.07) is 20.5. The lowest BCUT2D eigenvalue weighted by Crippen LogP contribution is -2.00. The standard InChI is InChI=1S/C58H25N3O/c1-3-4-5-6-7-8-9-10-11-12-13-14-15-16-17-18-19-20-21-22-23-24-41-62-53-36-31-48(32-37-53)58-55-39-33-50(59-55)43-46-27-30-49(42-46)57(47-28-25-45(2)26-29-47)54-38-34-51(60-54)44-52-35-40-56(58)61-52/h1,25-40,43-44,59H,42H2,2H3. The maximum absolute atomic E-state index is 5.62. The highest BCUT2D eigenvalue weighted by Gasteiger charge is 2.21. The number of benzene rings is 2. The van der Waals surface area contributed by atoms with E-state index in [2.05, 4.69) is 215 Å². The average Bonchev–Trinajstić information content (AvgIpc) is 4.13. The van der Waals surface area contributed by atoms with Crippen LogP contribution >= 0.6 is 0 Å². The molecule has 3 aliphatic heterocycles. The molecule has 0 saturated carbocycles. The van der Waals surface area contributed by atoms with Gasteiger partial charge in [-0.1, -0.05) is 54.1 Å². The minimum absolute atomic E-state index is 0.565. The molecule has 4 heterocycles. The van der Waals surface area contributed by atoms with E-state index in [0.29, 0.717) is 5.75 Å². The summed E-state index contributed by atoms with van der Waals surface area (Å²) in [4.78, 5) is 13.7. The zero-order chi connectivity index (χ0) is 42.6. The van der Waals surface area contributed by atoms with Crippen LogP contribution in [0.15, 0.2) is 136 Å². The molecular weight excluding hydrogens is 755 g/mol. The largest absolute Gasteiger partial charge is 0.407 e. The number of terminal acetylenes is 1. The summed E-state index contributed by atoms with van der Waals surface area (Å²) >= 11 is 0. The van der Waals surface area contributed by atoms with Gasteiger partial charge in [0.15, 0.2) is 0 Å². The molecule has 1 aromatic heterocycles. The van der Waals surface area contributed by atoms with Gasteiger partial charge in [0.1, 0.15) is 11.9 Å². The number of hydrogen-bond donors (Lipinski definition) is 1. The molecule has 0 unspecified atom stereocenters. The first-order valence-corrected chi connectivity index (χ1v) is 18.7. The van der Waals surface area contributed by atoms with Gasteiger partial charge in [0, 0.05) is 105 Å². The number of aromatic nitrogens is 1. The maximum atomic E-state index is 5.62. The fourth-order valence-corrected chi connectivity index (χ4v) is 6.09. The molecule has 7 rings (SSSR count). The van der Waals surface area contributed by atoms with Crippen molar-refractivity contribution in [2.45, 2.75) is 13.3 Å². The highest BCUT2D eigenvalue weighted by molar-refractivity contribution is 6.32. The van der Waals surface area contributed by atoms with Crippen molar-refractivity contribution in [1.29, 1.82) is 0 Å². The Morgan fingerprint density at radius 1 is 0.532 bits per heavy atom. The van der Waals surface area contributed by atoms with E-state index in [1.807, 2.05) is 42.5 Å². The van der Waals surface area contributed by atoms with Crippen LogP contribution in [0.4, 0.5) is 0 Å². The number of hydrogen-bond acceptors (Lipinski definition) is 3. The Kier molecular flexibility index (Phi) is 13.4. The van der Waals surface area contributed by atoms with Crippen LogP contribution < -0.4 is 4.74 Å². The van der Waals surface area contributed by atoms with Crippen molar-refractivity contribution in [3.8, 4) is 149 Å². The van der Waals surface area contributed by atoms with E-state index in [0.717, 1.165) is 62.9 Å². The molecule has 62 heavy (non-hydrogen) atoms. The van der Waals surface area contributed by atoms with Crippen LogP contribution in [-0.2, 0) is 0 Å². The van der Waals surface area contributed by atoms with Crippen molar-refractivity contribution >= 4 is 28.6 Å². The smallest absolute Gasteiger partial charge is 0.140 e. The van der Waals surface area contributed by atoms with Gasteiger partial charge in [-0.05, 0) is 144 Å². The Morgan fingerprint density at radius 3 is 1.74 bits per heavy atom. The van der Waals surface area contributed by atoms with E-state index in [9.17, 15) is 0 Å². The number of allylic oxidation sites excluding steroid dienone is 10. The maximum Gasteiger partial charge on any atom is 0.140 e. The SMILES string of the molecule is C#CC#CC#CC#CC#CC#CC#CC#CC#CC#CC#CC#COc1ccc(C2=C3C=CC(=N3)C=C3C=CC(=N3)C(c3ccc(C)cc3)=C3C=CC(=Cc4ccc2[nH]4)C3)cc1. The monoisotopic (exact) mass is 779 g/mol. The van der Waals surface area contributed by atoms with Gasteiger partial charge in [-0.15, -0.1) is 6.42 Å². The van der Waals surface area contributed by atoms with E-state index < -0.39 is 0 Å². The summed E-state index contributed by atoms with van der Waals surface area (Å²) < 4.78 is 5.62. The van der Waals surface area contributed by atoms with E-state index in [1.54, 1.807) is 0 Å². The van der Waals surface area contributed by atoms with Crippen LogP contribution in [-0.4, -0.2) is 16.4 Å². The number of fused-ring (bicyclic) bond motifs is 6. The lowest BCUT2D eigenvalue weighted by Gasteiger charge is -2.11. The van der Waals surface area contributed by atoms with E-state index in [-0.39, 0.29) is 0 Å². The quantitative estimate of drug-likeness (QED) is 0.271. The highest BCUT2D eigenvalue weighted by atomic mass is 16.5. The lowest BCUT2D eigenvalue weighted by molar-refractivity contribution is 0.520.